The minimum absolute atomic E-state index is 0.00121. The van der Waals surface area contributed by atoms with Crippen molar-refractivity contribution in [3.8, 4) is 0 Å². The molecule has 9 heteroatoms. The van der Waals surface area contributed by atoms with Crippen LogP contribution < -0.4 is 4.72 Å². The lowest BCUT2D eigenvalue weighted by atomic mass is 10.00. The fourth-order valence-corrected chi connectivity index (χ4v) is 5.61. The molecule has 1 heterocycles. The lowest BCUT2D eigenvalue weighted by Gasteiger charge is -2.32. The number of nitrogens with zero attached hydrogens (tertiary/aromatic N) is 1. The second-order valence-corrected chi connectivity index (χ2v) is 11.0. The van der Waals surface area contributed by atoms with Gasteiger partial charge >= 0.3 is 0 Å². The summed E-state index contributed by atoms with van der Waals surface area (Å²) in [6, 6.07) is 3.39. The summed E-state index contributed by atoms with van der Waals surface area (Å²) in [5.41, 5.74) is 0. The van der Waals surface area contributed by atoms with Crippen molar-refractivity contribution in [1.29, 1.82) is 0 Å². The van der Waals surface area contributed by atoms with Gasteiger partial charge in [-0.05, 0) is 50.4 Å². The zero-order valence-electron chi connectivity index (χ0n) is 14.7. The first-order chi connectivity index (χ1) is 11.5. The van der Waals surface area contributed by atoms with Crippen LogP contribution in [0.4, 0.5) is 0 Å². The molecule has 0 aromatic heterocycles. The van der Waals surface area contributed by atoms with Crippen molar-refractivity contribution in [3.63, 3.8) is 0 Å². The molecule has 0 spiro atoms. The molecular formula is C16H25ClN2O4S2. The van der Waals surface area contributed by atoms with Crippen molar-refractivity contribution in [1.82, 2.24) is 9.62 Å². The first-order valence-corrected chi connectivity index (χ1v) is 12.0. The number of likely N-dealkylation sites (tertiary alicyclic amines) is 1. The van der Waals surface area contributed by atoms with Crippen LogP contribution >= 0.6 is 11.6 Å². The van der Waals surface area contributed by atoms with E-state index >= 15 is 0 Å². The smallest absolute Gasteiger partial charge is 0.242 e. The van der Waals surface area contributed by atoms with Crippen LogP contribution in [0.3, 0.4) is 0 Å². The van der Waals surface area contributed by atoms with Gasteiger partial charge in [-0.2, -0.15) is 0 Å². The van der Waals surface area contributed by atoms with E-state index in [9.17, 15) is 16.8 Å². The standard InChI is InChI=1S/C16H25ClN2O4S2/c1-12-5-4-8-19(10-12)11-13(2)18-25(22,23)16-9-14(24(3,20)21)6-7-15(16)17/h6-7,9,12-13,18H,4-5,8,10-11H2,1-3H3/t12-,13+/m1/s1. The molecule has 1 saturated heterocycles. The fraction of sp³-hybridized carbons (Fsp3) is 0.625. The Labute approximate surface area is 155 Å². The number of rotatable bonds is 6. The largest absolute Gasteiger partial charge is 0.301 e. The molecule has 1 aliphatic rings. The van der Waals surface area contributed by atoms with Gasteiger partial charge in [0.2, 0.25) is 10.0 Å². The molecule has 1 fully saturated rings. The van der Waals surface area contributed by atoms with Crippen LogP contribution in [0.5, 0.6) is 0 Å². The Balaban J connectivity index is 2.15. The zero-order valence-corrected chi connectivity index (χ0v) is 17.1. The van der Waals surface area contributed by atoms with Crippen molar-refractivity contribution in [2.75, 3.05) is 25.9 Å². The summed E-state index contributed by atoms with van der Waals surface area (Å²) in [4.78, 5) is 1.96. The van der Waals surface area contributed by atoms with E-state index in [2.05, 4.69) is 16.5 Å². The summed E-state index contributed by atoms with van der Waals surface area (Å²) in [6.45, 7) is 6.51. The molecular weight excluding hydrogens is 384 g/mol. The van der Waals surface area contributed by atoms with E-state index in [1.807, 2.05) is 0 Å². The van der Waals surface area contributed by atoms with Gasteiger partial charge in [0, 0.05) is 25.4 Å². The molecule has 2 atom stereocenters. The van der Waals surface area contributed by atoms with Crippen LogP contribution in [-0.2, 0) is 19.9 Å². The Hall–Kier alpha value is -0.670. The highest BCUT2D eigenvalue weighted by Gasteiger charge is 2.25. The summed E-state index contributed by atoms with van der Waals surface area (Å²) < 4.78 is 51.2. The zero-order chi connectivity index (χ0) is 18.8. The first kappa shape index (κ1) is 20.6. The Morgan fingerprint density at radius 2 is 2.00 bits per heavy atom. The van der Waals surface area contributed by atoms with Gasteiger partial charge in [0.05, 0.1) is 9.92 Å². The molecule has 1 aromatic carbocycles. The quantitative estimate of drug-likeness (QED) is 0.779. The number of hydrogen-bond acceptors (Lipinski definition) is 5. The number of piperidine rings is 1. The molecule has 1 N–H and O–H groups in total. The average molecular weight is 409 g/mol. The van der Waals surface area contributed by atoms with Crippen molar-refractivity contribution in [3.05, 3.63) is 23.2 Å². The third-order valence-corrected chi connectivity index (χ3v) is 7.43. The molecule has 1 aromatic rings. The Morgan fingerprint density at radius 1 is 1.32 bits per heavy atom. The van der Waals surface area contributed by atoms with Crippen LogP contribution in [-0.4, -0.2) is 53.7 Å². The second kappa shape index (κ2) is 7.92. The lowest BCUT2D eigenvalue weighted by Crippen LogP contribution is -2.45. The summed E-state index contributed by atoms with van der Waals surface area (Å²) >= 11 is 6.00. The van der Waals surface area contributed by atoms with E-state index in [4.69, 9.17) is 11.6 Å². The number of sulfone groups is 1. The van der Waals surface area contributed by atoms with E-state index in [0.29, 0.717) is 12.5 Å². The average Bonchev–Trinajstić information content (AvgIpc) is 2.45. The van der Waals surface area contributed by atoms with Gasteiger partial charge in [-0.1, -0.05) is 18.5 Å². The number of sulfonamides is 1. The highest BCUT2D eigenvalue weighted by molar-refractivity contribution is 7.91. The number of halogens is 1. The van der Waals surface area contributed by atoms with Gasteiger partial charge in [-0.15, -0.1) is 0 Å². The number of nitrogens with one attached hydrogen (secondary N) is 1. The Kier molecular flexibility index (Phi) is 6.54. The molecule has 0 unspecified atom stereocenters. The first-order valence-electron chi connectivity index (χ1n) is 8.23. The van der Waals surface area contributed by atoms with Gasteiger partial charge in [0.1, 0.15) is 4.90 Å². The van der Waals surface area contributed by atoms with Crippen LogP contribution in [0.25, 0.3) is 0 Å². The normalized spacial score (nSPS) is 21.2. The molecule has 0 aliphatic carbocycles. The van der Waals surface area contributed by atoms with Crippen LogP contribution in [0.2, 0.25) is 5.02 Å². The maximum absolute atomic E-state index is 12.6. The summed E-state index contributed by atoms with van der Waals surface area (Å²) in [7, 11) is -7.43. The molecule has 0 radical (unpaired) electrons. The van der Waals surface area contributed by atoms with E-state index in [-0.39, 0.29) is 20.9 Å². The van der Waals surface area contributed by atoms with E-state index < -0.39 is 19.9 Å². The molecule has 142 valence electrons. The van der Waals surface area contributed by atoms with Gasteiger partial charge in [0.15, 0.2) is 9.84 Å². The topological polar surface area (TPSA) is 83.6 Å². The number of benzene rings is 1. The Bertz CT molecular complexity index is 825. The van der Waals surface area contributed by atoms with Crippen LogP contribution in [0.15, 0.2) is 28.0 Å². The molecule has 25 heavy (non-hydrogen) atoms. The van der Waals surface area contributed by atoms with Crippen molar-refractivity contribution < 1.29 is 16.8 Å². The highest BCUT2D eigenvalue weighted by Crippen LogP contribution is 2.25. The molecule has 6 nitrogen and oxygen atoms in total. The van der Waals surface area contributed by atoms with E-state index in [1.165, 1.54) is 18.6 Å². The SMILES string of the molecule is C[C@@H]1CCCN(C[C@H](C)NS(=O)(=O)c2cc(S(C)(=O)=O)ccc2Cl)C1. The monoisotopic (exact) mass is 408 g/mol. The third-order valence-electron chi connectivity index (χ3n) is 4.25. The van der Waals surface area contributed by atoms with Gasteiger partial charge < -0.3 is 4.90 Å². The lowest BCUT2D eigenvalue weighted by molar-refractivity contribution is 0.174. The number of hydrogen-bond donors (Lipinski definition) is 1. The van der Waals surface area contributed by atoms with E-state index in [1.54, 1.807) is 6.92 Å². The molecule has 1 aliphatic heterocycles. The highest BCUT2D eigenvalue weighted by atomic mass is 35.5. The van der Waals surface area contributed by atoms with Crippen LogP contribution in [0, 0.1) is 5.92 Å². The van der Waals surface area contributed by atoms with Gasteiger partial charge in [0.25, 0.3) is 0 Å². The third kappa shape index (κ3) is 5.65. The summed E-state index contributed by atoms with van der Waals surface area (Å²) in [5, 5.41) is -0.00121. The predicted molar refractivity (Wildman–Crippen MR) is 99.2 cm³/mol. The van der Waals surface area contributed by atoms with Gasteiger partial charge in [-0.3, -0.25) is 0 Å². The Morgan fingerprint density at radius 3 is 2.60 bits per heavy atom. The van der Waals surface area contributed by atoms with E-state index in [0.717, 1.165) is 31.8 Å². The van der Waals surface area contributed by atoms with Crippen LogP contribution in [0.1, 0.15) is 26.7 Å². The molecule has 0 amide bonds. The second-order valence-electron chi connectivity index (χ2n) is 6.89. The summed E-state index contributed by atoms with van der Waals surface area (Å²) in [6.07, 6.45) is 3.34. The fourth-order valence-electron chi connectivity index (χ4n) is 3.13. The molecule has 0 saturated carbocycles. The maximum atomic E-state index is 12.6. The van der Waals surface area contributed by atoms with Gasteiger partial charge in [-0.25, -0.2) is 21.6 Å². The van der Waals surface area contributed by atoms with Crippen molar-refractivity contribution >= 4 is 31.5 Å². The molecule has 0 bridgehead atoms. The van der Waals surface area contributed by atoms with Crippen molar-refractivity contribution in [2.24, 2.45) is 5.92 Å². The minimum Gasteiger partial charge on any atom is -0.301 e. The predicted octanol–water partition coefficient (Wildman–Crippen LogP) is 2.14. The molecule has 2 rings (SSSR count). The maximum Gasteiger partial charge on any atom is 0.242 e. The summed E-state index contributed by atoms with van der Waals surface area (Å²) in [5.74, 6) is 0.610. The minimum atomic E-state index is -3.91. The van der Waals surface area contributed by atoms with Crippen molar-refractivity contribution in [2.45, 2.75) is 42.5 Å².